The summed E-state index contributed by atoms with van der Waals surface area (Å²) in [6.45, 7) is 6.75. The molecule has 0 unspecified atom stereocenters. The number of amides is 1. The highest BCUT2D eigenvalue weighted by atomic mass is 32.1. The maximum absolute atomic E-state index is 13.5. The predicted molar refractivity (Wildman–Crippen MR) is 132 cm³/mol. The highest BCUT2D eigenvalue weighted by Gasteiger charge is 2.22. The summed E-state index contributed by atoms with van der Waals surface area (Å²) < 4.78 is 21.0. The average Bonchev–Trinajstić information content (AvgIpc) is 3.56. The van der Waals surface area contributed by atoms with Gasteiger partial charge in [0.15, 0.2) is 0 Å². The number of thiophene rings is 1. The molecule has 3 aromatic heterocycles. The Labute approximate surface area is 206 Å². The SMILES string of the molecule is CCCN(CC(=O)Nc1c(C#N)c(C)c(C)n1-c1ccc(F)cc1)Cc1nnc(-c2cccs2)o1. The molecular formula is C25H25FN6O2S. The topological polar surface area (TPSA) is 100.0 Å². The molecule has 0 spiro atoms. The zero-order chi connectivity index (χ0) is 24.9. The van der Waals surface area contributed by atoms with Crippen LogP contribution in [-0.2, 0) is 11.3 Å². The zero-order valence-electron chi connectivity index (χ0n) is 19.7. The highest BCUT2D eigenvalue weighted by molar-refractivity contribution is 7.13. The highest BCUT2D eigenvalue weighted by Crippen LogP contribution is 2.30. The third-order valence-corrected chi connectivity index (χ3v) is 6.49. The van der Waals surface area contributed by atoms with Crippen LogP contribution in [-0.4, -0.2) is 38.7 Å². The van der Waals surface area contributed by atoms with E-state index < -0.39 is 0 Å². The Kier molecular flexibility index (Phi) is 7.39. The average molecular weight is 493 g/mol. The number of nitriles is 1. The van der Waals surface area contributed by atoms with Gasteiger partial charge in [-0.1, -0.05) is 13.0 Å². The van der Waals surface area contributed by atoms with Crippen molar-refractivity contribution in [2.75, 3.05) is 18.4 Å². The van der Waals surface area contributed by atoms with Crippen molar-refractivity contribution in [3.8, 4) is 22.5 Å². The molecule has 1 N–H and O–H groups in total. The molecule has 0 fully saturated rings. The second-order valence-electron chi connectivity index (χ2n) is 8.09. The molecule has 0 aliphatic heterocycles. The maximum atomic E-state index is 13.5. The number of nitrogens with zero attached hydrogens (tertiary/aromatic N) is 5. The molecule has 4 aromatic rings. The van der Waals surface area contributed by atoms with E-state index in [9.17, 15) is 14.4 Å². The quantitative estimate of drug-likeness (QED) is 0.350. The van der Waals surface area contributed by atoms with E-state index in [0.717, 1.165) is 22.6 Å². The first kappa shape index (κ1) is 24.3. The van der Waals surface area contributed by atoms with Crippen molar-refractivity contribution < 1.29 is 13.6 Å². The van der Waals surface area contributed by atoms with Crippen molar-refractivity contribution in [3.63, 3.8) is 0 Å². The van der Waals surface area contributed by atoms with Crippen LogP contribution in [0.4, 0.5) is 10.2 Å². The van der Waals surface area contributed by atoms with Crippen LogP contribution < -0.4 is 5.32 Å². The normalized spacial score (nSPS) is 11.1. The lowest BCUT2D eigenvalue weighted by Crippen LogP contribution is -2.34. The standard InChI is InChI=1S/C25H25FN6O2S/c1-4-11-31(15-23-29-30-25(34-23)21-6-5-12-35-21)14-22(33)28-24-20(13-27)16(2)17(3)32(24)19-9-7-18(26)8-10-19/h5-10,12H,4,11,14-15H2,1-3H3,(H,28,33). The van der Waals surface area contributed by atoms with Gasteiger partial charge in [-0.05, 0) is 68.1 Å². The summed E-state index contributed by atoms with van der Waals surface area (Å²) in [4.78, 5) is 15.9. The smallest absolute Gasteiger partial charge is 0.257 e. The summed E-state index contributed by atoms with van der Waals surface area (Å²) in [6, 6.07) is 11.9. The molecule has 4 rings (SSSR count). The number of hydrogen-bond acceptors (Lipinski definition) is 7. The van der Waals surface area contributed by atoms with Crippen LogP contribution in [0.2, 0.25) is 0 Å². The third kappa shape index (κ3) is 5.31. The van der Waals surface area contributed by atoms with Crippen LogP contribution in [0, 0.1) is 31.0 Å². The second-order valence-corrected chi connectivity index (χ2v) is 9.04. The van der Waals surface area contributed by atoms with Gasteiger partial charge < -0.3 is 9.73 Å². The molecule has 0 aliphatic carbocycles. The van der Waals surface area contributed by atoms with E-state index in [0.29, 0.717) is 41.9 Å². The van der Waals surface area contributed by atoms with Crippen molar-refractivity contribution in [1.82, 2.24) is 19.7 Å². The van der Waals surface area contributed by atoms with E-state index in [4.69, 9.17) is 4.42 Å². The minimum atomic E-state index is -0.361. The summed E-state index contributed by atoms with van der Waals surface area (Å²) in [7, 11) is 0. The largest absolute Gasteiger partial charge is 0.419 e. The van der Waals surface area contributed by atoms with Crippen molar-refractivity contribution in [1.29, 1.82) is 5.26 Å². The van der Waals surface area contributed by atoms with Gasteiger partial charge in [0.05, 0.1) is 23.5 Å². The molecule has 35 heavy (non-hydrogen) atoms. The Morgan fingerprint density at radius 2 is 2.03 bits per heavy atom. The molecule has 0 saturated heterocycles. The summed E-state index contributed by atoms with van der Waals surface area (Å²) in [5.74, 6) is 0.605. The number of benzene rings is 1. The molecule has 0 saturated carbocycles. The van der Waals surface area contributed by atoms with Gasteiger partial charge in [-0.25, -0.2) is 4.39 Å². The second kappa shape index (κ2) is 10.6. The molecule has 0 aliphatic rings. The van der Waals surface area contributed by atoms with Crippen LogP contribution in [0.15, 0.2) is 46.2 Å². The number of aromatic nitrogens is 3. The van der Waals surface area contributed by atoms with Gasteiger partial charge in [-0.15, -0.1) is 21.5 Å². The van der Waals surface area contributed by atoms with E-state index in [1.54, 1.807) is 16.7 Å². The number of carbonyl (C=O) groups excluding carboxylic acids is 1. The molecule has 10 heteroatoms. The van der Waals surface area contributed by atoms with Crippen LogP contribution in [0.3, 0.4) is 0 Å². The zero-order valence-corrected chi connectivity index (χ0v) is 20.5. The fourth-order valence-electron chi connectivity index (χ4n) is 3.89. The summed E-state index contributed by atoms with van der Waals surface area (Å²) in [5, 5.41) is 22.9. The molecule has 0 radical (unpaired) electrons. The molecule has 0 bridgehead atoms. The number of hydrogen-bond donors (Lipinski definition) is 1. The minimum absolute atomic E-state index is 0.0715. The van der Waals surface area contributed by atoms with Crippen LogP contribution in [0.25, 0.3) is 16.5 Å². The number of halogens is 1. The Bertz CT molecular complexity index is 1350. The van der Waals surface area contributed by atoms with Crippen molar-refractivity contribution in [3.05, 3.63) is 70.3 Å². The van der Waals surface area contributed by atoms with Gasteiger partial charge in [-0.3, -0.25) is 14.3 Å². The first-order chi connectivity index (χ1) is 16.9. The van der Waals surface area contributed by atoms with E-state index in [1.165, 1.54) is 23.5 Å². The van der Waals surface area contributed by atoms with Gasteiger partial charge in [0.25, 0.3) is 5.89 Å². The lowest BCUT2D eigenvalue weighted by atomic mass is 10.2. The van der Waals surface area contributed by atoms with E-state index in [-0.39, 0.29) is 18.3 Å². The maximum Gasteiger partial charge on any atom is 0.257 e. The van der Waals surface area contributed by atoms with Crippen molar-refractivity contribution in [2.45, 2.75) is 33.7 Å². The Morgan fingerprint density at radius 3 is 2.69 bits per heavy atom. The summed E-state index contributed by atoms with van der Waals surface area (Å²) >= 11 is 1.51. The molecule has 1 aromatic carbocycles. The summed E-state index contributed by atoms with van der Waals surface area (Å²) in [6.07, 6.45) is 0.826. The lowest BCUT2D eigenvalue weighted by Gasteiger charge is -2.20. The fourth-order valence-corrected chi connectivity index (χ4v) is 4.53. The van der Waals surface area contributed by atoms with Crippen molar-refractivity contribution in [2.24, 2.45) is 0 Å². The first-order valence-corrected chi connectivity index (χ1v) is 12.1. The lowest BCUT2D eigenvalue weighted by molar-refractivity contribution is -0.117. The van der Waals surface area contributed by atoms with Gasteiger partial charge in [-0.2, -0.15) is 5.26 Å². The van der Waals surface area contributed by atoms with Crippen molar-refractivity contribution >= 4 is 23.1 Å². The third-order valence-electron chi connectivity index (χ3n) is 5.63. The van der Waals surface area contributed by atoms with Crippen LogP contribution >= 0.6 is 11.3 Å². The molecule has 8 nitrogen and oxygen atoms in total. The molecule has 3 heterocycles. The van der Waals surface area contributed by atoms with E-state index >= 15 is 0 Å². The van der Waals surface area contributed by atoms with Crippen LogP contribution in [0.1, 0.15) is 36.1 Å². The molecular weight excluding hydrogens is 467 g/mol. The van der Waals surface area contributed by atoms with Gasteiger partial charge in [0.2, 0.25) is 11.8 Å². The van der Waals surface area contributed by atoms with Gasteiger partial charge >= 0.3 is 0 Å². The van der Waals surface area contributed by atoms with Gasteiger partial charge in [0.1, 0.15) is 17.7 Å². The molecule has 180 valence electrons. The van der Waals surface area contributed by atoms with E-state index in [2.05, 4.69) is 21.6 Å². The minimum Gasteiger partial charge on any atom is -0.419 e. The van der Waals surface area contributed by atoms with Gasteiger partial charge in [0, 0.05) is 11.4 Å². The Morgan fingerprint density at radius 1 is 1.26 bits per heavy atom. The van der Waals surface area contributed by atoms with Crippen LogP contribution in [0.5, 0.6) is 0 Å². The fraction of sp³-hybridized carbons (Fsp3) is 0.280. The number of carbonyl (C=O) groups is 1. The molecule has 1 amide bonds. The van der Waals surface area contributed by atoms with E-state index in [1.807, 2.05) is 43.2 Å². The number of anilines is 1. The first-order valence-electron chi connectivity index (χ1n) is 11.2. The Balaban J connectivity index is 1.54. The number of nitrogens with one attached hydrogen (secondary N) is 1. The Hall–Kier alpha value is -3.81. The summed E-state index contributed by atoms with van der Waals surface area (Å²) in [5.41, 5.74) is 2.58. The predicted octanol–water partition coefficient (Wildman–Crippen LogP) is 5.07. The monoisotopic (exact) mass is 492 g/mol. The molecule has 0 atom stereocenters. The number of rotatable bonds is 9.